The molecule has 2 amide bonds. The largest absolute Gasteiger partial charge is 0.416 e. The van der Waals surface area contributed by atoms with Crippen molar-refractivity contribution in [1.82, 2.24) is 10.2 Å². The Morgan fingerprint density at radius 1 is 1.05 bits per heavy atom. The minimum atomic E-state index is -4.63. The Bertz CT molecular complexity index is 1220. The monoisotopic (exact) mass is 555 g/mol. The fourth-order valence-electron chi connectivity index (χ4n) is 3.90. The first-order valence-electron chi connectivity index (χ1n) is 12.4. The smallest absolute Gasteiger partial charge is 0.352 e. The van der Waals surface area contributed by atoms with E-state index in [1.54, 1.807) is 6.92 Å². The molecule has 2 atom stereocenters. The van der Waals surface area contributed by atoms with E-state index in [1.165, 1.54) is 11.0 Å². The zero-order chi connectivity index (χ0) is 28.7. The maximum atomic E-state index is 13.3. The molecule has 0 aliphatic heterocycles. The summed E-state index contributed by atoms with van der Waals surface area (Å²) in [6, 6.07) is 10.7. The SMILES string of the molecule is CC[C@@H](C)NC(=O)[C@@H](C)N(Cc1cccc(C)c1)C(=O)CCCN(c1cccc(C(F)(F)F)c1)S(C)(=O)=O. The molecule has 11 heteroatoms. The lowest BCUT2D eigenvalue weighted by molar-refractivity contribution is -0.140. The average Bonchev–Trinajstić information content (AvgIpc) is 2.83. The van der Waals surface area contributed by atoms with Gasteiger partial charge in [-0.1, -0.05) is 42.8 Å². The number of hydrogen-bond donors (Lipinski definition) is 1. The molecular weight excluding hydrogens is 519 g/mol. The molecule has 0 spiro atoms. The lowest BCUT2D eigenvalue weighted by atomic mass is 10.1. The second-order valence-corrected chi connectivity index (χ2v) is 11.4. The molecule has 1 N–H and O–H groups in total. The summed E-state index contributed by atoms with van der Waals surface area (Å²) in [4.78, 5) is 27.6. The van der Waals surface area contributed by atoms with Crippen molar-refractivity contribution in [3.05, 3.63) is 65.2 Å². The Morgan fingerprint density at radius 3 is 2.29 bits per heavy atom. The van der Waals surface area contributed by atoms with Crippen LogP contribution < -0.4 is 9.62 Å². The number of alkyl halides is 3. The number of carbonyl (C=O) groups excluding carboxylic acids is 2. The van der Waals surface area contributed by atoms with Crippen molar-refractivity contribution in [2.75, 3.05) is 17.1 Å². The van der Waals surface area contributed by atoms with E-state index < -0.39 is 27.8 Å². The molecule has 0 aromatic heterocycles. The highest BCUT2D eigenvalue weighted by molar-refractivity contribution is 7.92. The quantitative estimate of drug-likeness (QED) is 0.404. The van der Waals surface area contributed by atoms with Gasteiger partial charge in [-0.15, -0.1) is 0 Å². The minimum absolute atomic E-state index is 0.0478. The first-order chi connectivity index (χ1) is 17.6. The predicted octanol–water partition coefficient (Wildman–Crippen LogP) is 4.89. The lowest BCUT2D eigenvalue weighted by Gasteiger charge is -2.30. The van der Waals surface area contributed by atoms with Crippen LogP contribution in [0.15, 0.2) is 48.5 Å². The summed E-state index contributed by atoms with van der Waals surface area (Å²) in [5, 5.41) is 2.88. The van der Waals surface area contributed by atoms with E-state index >= 15 is 0 Å². The maximum Gasteiger partial charge on any atom is 0.416 e. The van der Waals surface area contributed by atoms with Gasteiger partial charge in [0.05, 0.1) is 17.5 Å². The van der Waals surface area contributed by atoms with Crippen molar-refractivity contribution in [2.45, 2.75) is 71.8 Å². The van der Waals surface area contributed by atoms with Crippen molar-refractivity contribution >= 4 is 27.5 Å². The second-order valence-electron chi connectivity index (χ2n) is 9.49. The van der Waals surface area contributed by atoms with Crippen LogP contribution in [0.4, 0.5) is 18.9 Å². The molecule has 7 nitrogen and oxygen atoms in total. The highest BCUT2D eigenvalue weighted by Crippen LogP contribution is 2.32. The van der Waals surface area contributed by atoms with Gasteiger partial charge in [-0.05, 0) is 57.4 Å². The van der Waals surface area contributed by atoms with E-state index in [-0.39, 0.29) is 49.5 Å². The first kappa shape index (κ1) is 31.1. The van der Waals surface area contributed by atoms with Gasteiger partial charge in [0.15, 0.2) is 0 Å². The van der Waals surface area contributed by atoms with Gasteiger partial charge in [-0.25, -0.2) is 8.42 Å². The highest BCUT2D eigenvalue weighted by Gasteiger charge is 2.32. The van der Waals surface area contributed by atoms with Crippen LogP contribution in [-0.2, 0) is 32.3 Å². The number of aryl methyl sites for hydroxylation is 1. The molecule has 0 radical (unpaired) electrons. The zero-order valence-electron chi connectivity index (χ0n) is 22.4. The van der Waals surface area contributed by atoms with Gasteiger partial charge in [-0.3, -0.25) is 13.9 Å². The standard InChI is InChI=1S/C27H36F3N3O4S/c1-6-20(3)31-26(35)21(4)32(18-22-11-7-10-19(2)16-22)25(34)14-9-15-33(38(5,36)37)24-13-8-12-23(17-24)27(28,29)30/h7-8,10-13,16-17,20-21H,6,9,14-15,18H2,1-5H3,(H,31,35)/t20-,21-/m1/s1. The summed E-state index contributed by atoms with van der Waals surface area (Å²) in [5.74, 6) is -0.669. The predicted molar refractivity (Wildman–Crippen MR) is 142 cm³/mol. The van der Waals surface area contributed by atoms with E-state index in [0.29, 0.717) is 0 Å². The molecule has 0 fully saturated rings. The number of anilines is 1. The molecule has 2 aromatic carbocycles. The number of hydrogen-bond acceptors (Lipinski definition) is 4. The van der Waals surface area contributed by atoms with Gasteiger partial charge in [0.1, 0.15) is 6.04 Å². The van der Waals surface area contributed by atoms with Gasteiger partial charge in [-0.2, -0.15) is 13.2 Å². The number of amides is 2. The first-order valence-corrected chi connectivity index (χ1v) is 14.3. The summed E-state index contributed by atoms with van der Waals surface area (Å²) >= 11 is 0. The van der Waals surface area contributed by atoms with Crippen LogP contribution in [0.25, 0.3) is 0 Å². The molecule has 0 aliphatic carbocycles. The van der Waals surface area contributed by atoms with E-state index in [9.17, 15) is 31.2 Å². The van der Waals surface area contributed by atoms with Crippen LogP contribution in [0.5, 0.6) is 0 Å². The molecule has 2 aromatic rings. The van der Waals surface area contributed by atoms with E-state index in [0.717, 1.165) is 46.3 Å². The van der Waals surface area contributed by atoms with Crippen molar-refractivity contribution in [3.8, 4) is 0 Å². The van der Waals surface area contributed by atoms with Crippen molar-refractivity contribution < 1.29 is 31.2 Å². The molecule has 0 heterocycles. The number of rotatable bonds is 12. The Hall–Kier alpha value is -3.08. The minimum Gasteiger partial charge on any atom is -0.352 e. The molecule has 0 unspecified atom stereocenters. The van der Waals surface area contributed by atoms with Gasteiger partial charge in [0.25, 0.3) is 0 Å². The van der Waals surface area contributed by atoms with Crippen LogP contribution in [0.2, 0.25) is 0 Å². The zero-order valence-corrected chi connectivity index (χ0v) is 23.2. The number of carbonyl (C=O) groups is 2. The van der Waals surface area contributed by atoms with E-state index in [2.05, 4.69) is 5.32 Å². The molecular formula is C27H36F3N3O4S. The summed E-state index contributed by atoms with van der Waals surface area (Å²) in [5.41, 5.74) is 0.734. The topological polar surface area (TPSA) is 86.8 Å². The maximum absolute atomic E-state index is 13.3. The molecule has 0 saturated heterocycles. The summed E-state index contributed by atoms with van der Waals surface area (Å²) < 4.78 is 65.2. The molecule has 0 bridgehead atoms. The van der Waals surface area contributed by atoms with Crippen LogP contribution in [0, 0.1) is 6.92 Å². The van der Waals surface area contributed by atoms with Crippen LogP contribution in [0.3, 0.4) is 0 Å². The molecule has 38 heavy (non-hydrogen) atoms. The van der Waals surface area contributed by atoms with E-state index in [4.69, 9.17) is 0 Å². The normalized spacial score (nSPS) is 13.5. The number of benzene rings is 2. The van der Waals surface area contributed by atoms with E-state index in [1.807, 2.05) is 45.0 Å². The highest BCUT2D eigenvalue weighted by atomic mass is 32.2. The lowest BCUT2D eigenvalue weighted by Crippen LogP contribution is -2.49. The van der Waals surface area contributed by atoms with Gasteiger partial charge >= 0.3 is 6.18 Å². The Labute approximate surface area is 223 Å². The summed E-state index contributed by atoms with van der Waals surface area (Å²) in [6.45, 7) is 7.34. The Balaban J connectivity index is 2.22. The average molecular weight is 556 g/mol. The van der Waals surface area contributed by atoms with Crippen molar-refractivity contribution in [1.29, 1.82) is 0 Å². The van der Waals surface area contributed by atoms with Gasteiger partial charge in [0, 0.05) is 25.6 Å². The third-order valence-corrected chi connectivity index (χ3v) is 7.41. The number of nitrogens with one attached hydrogen (secondary N) is 1. The fourth-order valence-corrected chi connectivity index (χ4v) is 4.85. The summed E-state index contributed by atoms with van der Waals surface area (Å²) in [6.07, 6.45) is -3.05. The number of sulfonamides is 1. The number of halogens is 3. The van der Waals surface area contributed by atoms with Gasteiger partial charge < -0.3 is 10.2 Å². The van der Waals surface area contributed by atoms with Crippen LogP contribution in [0.1, 0.15) is 56.7 Å². The molecule has 2 rings (SSSR count). The van der Waals surface area contributed by atoms with Gasteiger partial charge in [0.2, 0.25) is 21.8 Å². The summed E-state index contributed by atoms with van der Waals surface area (Å²) in [7, 11) is -3.92. The number of nitrogens with zero attached hydrogens (tertiary/aromatic N) is 2. The van der Waals surface area contributed by atoms with Crippen molar-refractivity contribution in [3.63, 3.8) is 0 Å². The van der Waals surface area contributed by atoms with Crippen LogP contribution >= 0.6 is 0 Å². The molecule has 0 aliphatic rings. The third-order valence-electron chi connectivity index (χ3n) is 6.22. The van der Waals surface area contributed by atoms with Crippen LogP contribution in [-0.4, -0.2) is 50.0 Å². The Kier molecular flexibility index (Phi) is 10.8. The molecule has 210 valence electrons. The van der Waals surface area contributed by atoms with Crippen molar-refractivity contribution in [2.24, 2.45) is 0 Å². The molecule has 0 saturated carbocycles. The Morgan fingerprint density at radius 2 is 1.71 bits per heavy atom. The fraction of sp³-hybridized carbons (Fsp3) is 0.481. The second kappa shape index (κ2) is 13.1. The third kappa shape index (κ3) is 9.04.